The van der Waals surface area contributed by atoms with Crippen LogP contribution in [0.2, 0.25) is 0 Å². The van der Waals surface area contributed by atoms with Gasteiger partial charge < -0.3 is 14.6 Å². The Kier molecular flexibility index (Phi) is 7.88. The van der Waals surface area contributed by atoms with Gasteiger partial charge in [-0.3, -0.25) is 4.79 Å². The van der Waals surface area contributed by atoms with Crippen LogP contribution in [0.5, 0.6) is 0 Å². The highest BCUT2D eigenvalue weighted by Gasteiger charge is 2.23. The van der Waals surface area contributed by atoms with Gasteiger partial charge in [-0.2, -0.15) is 0 Å². The van der Waals surface area contributed by atoms with Crippen molar-refractivity contribution in [3.05, 3.63) is 5.82 Å². The zero-order valence-electron chi connectivity index (χ0n) is 14.2. The fourth-order valence-corrected chi connectivity index (χ4v) is 3.83. The molecule has 0 aromatic carbocycles. The highest BCUT2D eigenvalue weighted by atomic mass is 32.2. The van der Waals surface area contributed by atoms with E-state index in [1.54, 1.807) is 7.11 Å². The SMILES string of the molecule is CCn1c(SCC(=O)NCCCOC)nnc1C1CCCCC1. The molecule has 0 radical (unpaired) electrons. The van der Waals surface area contributed by atoms with Gasteiger partial charge in [-0.05, 0) is 26.2 Å². The molecule has 6 nitrogen and oxygen atoms in total. The van der Waals surface area contributed by atoms with Crippen LogP contribution in [0.1, 0.15) is 57.2 Å². The topological polar surface area (TPSA) is 69.0 Å². The van der Waals surface area contributed by atoms with Gasteiger partial charge in [0.1, 0.15) is 5.82 Å². The highest BCUT2D eigenvalue weighted by Crippen LogP contribution is 2.33. The number of methoxy groups -OCH3 is 1. The van der Waals surface area contributed by atoms with Crippen LogP contribution in [-0.4, -0.2) is 46.7 Å². The summed E-state index contributed by atoms with van der Waals surface area (Å²) in [6, 6.07) is 0. The largest absolute Gasteiger partial charge is 0.385 e. The summed E-state index contributed by atoms with van der Waals surface area (Å²) in [4.78, 5) is 11.9. The van der Waals surface area contributed by atoms with Gasteiger partial charge in [0, 0.05) is 32.7 Å². The van der Waals surface area contributed by atoms with Crippen LogP contribution in [0.4, 0.5) is 0 Å². The molecular weight excluding hydrogens is 312 g/mol. The van der Waals surface area contributed by atoms with E-state index >= 15 is 0 Å². The molecule has 1 amide bonds. The molecule has 1 saturated carbocycles. The lowest BCUT2D eigenvalue weighted by Gasteiger charge is -2.21. The minimum Gasteiger partial charge on any atom is -0.385 e. The molecule has 23 heavy (non-hydrogen) atoms. The second-order valence-corrected chi connectivity index (χ2v) is 6.85. The van der Waals surface area contributed by atoms with Crippen molar-refractivity contribution in [2.45, 2.75) is 63.1 Å². The maximum Gasteiger partial charge on any atom is 0.230 e. The van der Waals surface area contributed by atoms with E-state index in [-0.39, 0.29) is 5.91 Å². The minimum atomic E-state index is 0.0379. The van der Waals surface area contributed by atoms with Crippen molar-refractivity contribution >= 4 is 17.7 Å². The van der Waals surface area contributed by atoms with Crippen molar-refractivity contribution in [3.63, 3.8) is 0 Å². The standard InChI is InChI=1S/C16H28N4O2S/c1-3-20-15(13-8-5-4-6-9-13)18-19-16(20)23-12-14(21)17-10-7-11-22-2/h13H,3-12H2,1-2H3,(H,17,21). The van der Waals surface area contributed by atoms with Gasteiger partial charge in [-0.25, -0.2) is 0 Å². The number of aromatic nitrogens is 3. The number of hydrogen-bond donors (Lipinski definition) is 1. The summed E-state index contributed by atoms with van der Waals surface area (Å²) in [6.07, 6.45) is 7.16. The Morgan fingerprint density at radius 1 is 1.35 bits per heavy atom. The molecule has 7 heteroatoms. The fraction of sp³-hybridized carbons (Fsp3) is 0.812. The first-order valence-corrected chi connectivity index (χ1v) is 9.56. The molecule has 1 aliphatic carbocycles. The number of rotatable bonds is 9. The van der Waals surface area contributed by atoms with Gasteiger partial charge in [-0.1, -0.05) is 31.0 Å². The highest BCUT2D eigenvalue weighted by molar-refractivity contribution is 7.99. The first kappa shape index (κ1) is 18.3. The molecule has 0 bridgehead atoms. The van der Waals surface area contributed by atoms with Crippen LogP contribution in [0.15, 0.2) is 5.16 Å². The van der Waals surface area contributed by atoms with Gasteiger partial charge >= 0.3 is 0 Å². The molecule has 0 atom stereocenters. The Hall–Kier alpha value is -1.08. The lowest BCUT2D eigenvalue weighted by Crippen LogP contribution is -2.27. The molecule has 1 N–H and O–H groups in total. The summed E-state index contributed by atoms with van der Waals surface area (Å²) in [5.41, 5.74) is 0. The summed E-state index contributed by atoms with van der Waals surface area (Å²) in [6.45, 7) is 4.30. The molecule has 1 heterocycles. The number of thioether (sulfide) groups is 1. The Morgan fingerprint density at radius 2 is 2.13 bits per heavy atom. The van der Waals surface area contributed by atoms with Gasteiger partial charge in [-0.15, -0.1) is 10.2 Å². The third-order valence-electron chi connectivity index (χ3n) is 4.21. The number of amides is 1. The number of nitrogens with zero attached hydrogens (tertiary/aromatic N) is 3. The van der Waals surface area contributed by atoms with Crippen LogP contribution >= 0.6 is 11.8 Å². The van der Waals surface area contributed by atoms with Crippen molar-refractivity contribution < 1.29 is 9.53 Å². The molecule has 1 aliphatic rings. The minimum absolute atomic E-state index is 0.0379. The third-order valence-corrected chi connectivity index (χ3v) is 5.18. The normalized spacial score (nSPS) is 15.7. The van der Waals surface area contributed by atoms with E-state index in [1.807, 2.05) is 0 Å². The second kappa shape index (κ2) is 9.93. The fourth-order valence-electron chi connectivity index (χ4n) is 2.99. The Balaban J connectivity index is 1.85. The van der Waals surface area contributed by atoms with Gasteiger partial charge in [0.2, 0.25) is 5.91 Å². The predicted molar refractivity (Wildman–Crippen MR) is 91.7 cm³/mol. The predicted octanol–water partition coefficient (Wildman–Crippen LogP) is 2.59. The number of nitrogens with one attached hydrogen (secondary N) is 1. The van der Waals surface area contributed by atoms with E-state index in [4.69, 9.17) is 4.74 Å². The number of carbonyl (C=O) groups is 1. The molecule has 0 saturated heterocycles. The molecule has 2 rings (SSSR count). The van der Waals surface area contributed by atoms with E-state index in [2.05, 4.69) is 27.0 Å². The Labute approximate surface area is 142 Å². The molecule has 0 aliphatic heterocycles. The lowest BCUT2D eigenvalue weighted by molar-refractivity contribution is -0.118. The number of carbonyl (C=O) groups excluding carboxylic acids is 1. The summed E-state index contributed by atoms with van der Waals surface area (Å²) >= 11 is 1.47. The zero-order valence-corrected chi connectivity index (χ0v) is 15.0. The van der Waals surface area contributed by atoms with E-state index in [1.165, 1.54) is 43.9 Å². The molecule has 130 valence electrons. The second-order valence-electron chi connectivity index (χ2n) is 5.90. The zero-order chi connectivity index (χ0) is 16.5. The summed E-state index contributed by atoms with van der Waals surface area (Å²) < 4.78 is 7.14. The molecule has 1 aromatic rings. The van der Waals surface area contributed by atoms with Crippen molar-refractivity contribution in [3.8, 4) is 0 Å². The summed E-state index contributed by atoms with van der Waals surface area (Å²) in [5, 5.41) is 12.5. The smallest absolute Gasteiger partial charge is 0.230 e. The molecule has 0 spiro atoms. The van der Waals surface area contributed by atoms with Gasteiger partial charge in [0.25, 0.3) is 0 Å². The van der Waals surface area contributed by atoms with Crippen molar-refractivity contribution in [1.82, 2.24) is 20.1 Å². The quantitative estimate of drug-likeness (QED) is 0.553. The summed E-state index contributed by atoms with van der Waals surface area (Å²) in [5.74, 6) is 2.06. The summed E-state index contributed by atoms with van der Waals surface area (Å²) in [7, 11) is 1.67. The van der Waals surface area contributed by atoms with E-state index in [0.717, 1.165) is 23.9 Å². The van der Waals surface area contributed by atoms with Crippen LogP contribution in [-0.2, 0) is 16.1 Å². The van der Waals surface area contributed by atoms with Crippen LogP contribution < -0.4 is 5.32 Å². The average molecular weight is 340 g/mol. The first-order chi connectivity index (χ1) is 11.3. The Bertz CT molecular complexity index is 486. The Morgan fingerprint density at radius 3 is 2.83 bits per heavy atom. The lowest BCUT2D eigenvalue weighted by atomic mass is 9.89. The molecule has 0 unspecified atom stereocenters. The van der Waals surface area contributed by atoms with E-state index in [0.29, 0.717) is 24.8 Å². The number of ether oxygens (including phenoxy) is 1. The van der Waals surface area contributed by atoms with Crippen LogP contribution in [0.25, 0.3) is 0 Å². The molecule has 1 fully saturated rings. The van der Waals surface area contributed by atoms with Crippen molar-refractivity contribution in [2.24, 2.45) is 0 Å². The van der Waals surface area contributed by atoms with Gasteiger partial charge in [0.05, 0.1) is 5.75 Å². The molecular formula is C16H28N4O2S. The van der Waals surface area contributed by atoms with E-state index < -0.39 is 0 Å². The van der Waals surface area contributed by atoms with E-state index in [9.17, 15) is 4.79 Å². The van der Waals surface area contributed by atoms with Crippen LogP contribution in [0, 0.1) is 0 Å². The number of hydrogen-bond acceptors (Lipinski definition) is 5. The molecule has 1 aromatic heterocycles. The maximum atomic E-state index is 11.9. The van der Waals surface area contributed by atoms with Crippen LogP contribution in [0.3, 0.4) is 0 Å². The van der Waals surface area contributed by atoms with Crippen molar-refractivity contribution in [2.75, 3.05) is 26.0 Å². The maximum absolute atomic E-state index is 11.9. The van der Waals surface area contributed by atoms with Gasteiger partial charge in [0.15, 0.2) is 5.16 Å². The first-order valence-electron chi connectivity index (χ1n) is 8.57. The monoisotopic (exact) mass is 340 g/mol. The third kappa shape index (κ3) is 5.49. The average Bonchev–Trinajstić information content (AvgIpc) is 3.00. The van der Waals surface area contributed by atoms with Crippen molar-refractivity contribution in [1.29, 1.82) is 0 Å².